The van der Waals surface area contributed by atoms with Crippen molar-refractivity contribution in [2.24, 2.45) is 0 Å². The first-order valence-corrected chi connectivity index (χ1v) is 5.12. The Balaban J connectivity index is 2.04. The number of pyridine rings is 1. The van der Waals surface area contributed by atoms with Crippen LogP contribution >= 0.6 is 0 Å². The summed E-state index contributed by atoms with van der Waals surface area (Å²) in [6.45, 7) is 0. The van der Waals surface area contributed by atoms with Crippen LogP contribution < -0.4 is 4.74 Å². The highest BCUT2D eigenvalue weighted by molar-refractivity contribution is 5.63. The Hall–Kier alpha value is -2.83. The summed E-state index contributed by atoms with van der Waals surface area (Å²) in [5.74, 6) is 0.0456. The number of nitrogens with zero attached hydrogens (tertiary/aromatic N) is 3. The number of hydrogen-bond acceptors (Lipinski definition) is 4. The molecule has 0 aliphatic carbocycles. The van der Waals surface area contributed by atoms with Gasteiger partial charge in [0.15, 0.2) is 0 Å². The summed E-state index contributed by atoms with van der Waals surface area (Å²) in [6.07, 6.45) is 3.59. The van der Waals surface area contributed by atoms with Crippen LogP contribution in [-0.2, 0) is 0 Å². The molecule has 0 saturated heterocycles. The second-order valence-corrected chi connectivity index (χ2v) is 3.60. The summed E-state index contributed by atoms with van der Waals surface area (Å²) >= 11 is 0. The number of fused-ring (bicyclic) bond motifs is 1. The first-order chi connectivity index (χ1) is 8.72. The van der Waals surface area contributed by atoms with Gasteiger partial charge in [-0.1, -0.05) is 0 Å². The van der Waals surface area contributed by atoms with Gasteiger partial charge in [0, 0.05) is 18.0 Å². The molecule has 90 valence electrons. The molecule has 0 unspecified atom stereocenters. The number of H-pyrrole nitrogens is 1. The van der Waals surface area contributed by atoms with Crippen molar-refractivity contribution in [3.8, 4) is 17.1 Å². The highest BCUT2D eigenvalue weighted by atomic mass is 16.7. The number of hydrogen-bond donors (Lipinski definition) is 2. The van der Waals surface area contributed by atoms with Gasteiger partial charge in [-0.3, -0.25) is 5.10 Å². The van der Waals surface area contributed by atoms with Gasteiger partial charge in [-0.05, 0) is 18.2 Å². The van der Waals surface area contributed by atoms with Gasteiger partial charge in [0.2, 0.25) is 5.88 Å². The fourth-order valence-electron chi connectivity index (χ4n) is 1.68. The molecule has 0 amide bonds. The molecule has 0 saturated carbocycles. The number of carboxylic acid groups (broad SMARTS) is 1. The molecule has 3 aromatic heterocycles. The van der Waals surface area contributed by atoms with Crippen molar-refractivity contribution in [1.29, 1.82) is 0 Å². The molecule has 0 bridgehead atoms. The van der Waals surface area contributed by atoms with Crippen LogP contribution in [0.5, 0.6) is 5.88 Å². The molecule has 18 heavy (non-hydrogen) atoms. The van der Waals surface area contributed by atoms with Gasteiger partial charge in [0.05, 0.1) is 11.9 Å². The fourth-order valence-corrected chi connectivity index (χ4v) is 1.68. The van der Waals surface area contributed by atoms with E-state index in [9.17, 15) is 4.79 Å². The summed E-state index contributed by atoms with van der Waals surface area (Å²) in [5, 5.41) is 15.2. The summed E-state index contributed by atoms with van der Waals surface area (Å²) < 4.78 is 6.18. The van der Waals surface area contributed by atoms with Crippen LogP contribution in [0.15, 0.2) is 36.8 Å². The van der Waals surface area contributed by atoms with Crippen LogP contribution in [0.4, 0.5) is 4.79 Å². The molecule has 7 nitrogen and oxygen atoms in total. The summed E-state index contributed by atoms with van der Waals surface area (Å²) in [4.78, 5) is 14.4. The quantitative estimate of drug-likeness (QED) is 0.670. The molecule has 3 aromatic rings. The van der Waals surface area contributed by atoms with Crippen LogP contribution in [0.1, 0.15) is 0 Å². The Bertz CT molecular complexity index is 702. The zero-order chi connectivity index (χ0) is 12.5. The van der Waals surface area contributed by atoms with Gasteiger partial charge < -0.3 is 14.2 Å². The second kappa shape index (κ2) is 3.88. The predicted octanol–water partition coefficient (Wildman–Crippen LogP) is 1.78. The lowest BCUT2D eigenvalue weighted by Crippen LogP contribution is -2.02. The maximum Gasteiger partial charge on any atom is 0.512 e. The Morgan fingerprint density at radius 2 is 2.22 bits per heavy atom. The van der Waals surface area contributed by atoms with E-state index in [2.05, 4.69) is 19.9 Å². The van der Waals surface area contributed by atoms with Gasteiger partial charge in [0.1, 0.15) is 5.65 Å². The van der Waals surface area contributed by atoms with Gasteiger partial charge in [-0.2, -0.15) is 10.1 Å². The number of rotatable bonds is 2. The van der Waals surface area contributed by atoms with E-state index in [1.165, 1.54) is 6.20 Å². The highest BCUT2D eigenvalue weighted by Crippen LogP contribution is 2.19. The zero-order valence-corrected chi connectivity index (χ0v) is 9.07. The zero-order valence-electron chi connectivity index (χ0n) is 9.07. The number of ether oxygens (including phenoxy) is 1. The van der Waals surface area contributed by atoms with E-state index in [0.29, 0.717) is 5.65 Å². The van der Waals surface area contributed by atoms with E-state index < -0.39 is 6.16 Å². The smallest absolute Gasteiger partial charge is 0.449 e. The van der Waals surface area contributed by atoms with Crippen molar-refractivity contribution in [3.05, 3.63) is 36.8 Å². The van der Waals surface area contributed by atoms with Crippen molar-refractivity contribution in [3.63, 3.8) is 0 Å². The molecule has 3 heterocycles. The van der Waals surface area contributed by atoms with Gasteiger partial charge in [-0.15, -0.1) is 0 Å². The summed E-state index contributed by atoms with van der Waals surface area (Å²) in [6, 6.07) is 5.47. The minimum absolute atomic E-state index is 0.0456. The Labute approximate surface area is 101 Å². The van der Waals surface area contributed by atoms with Crippen molar-refractivity contribution < 1.29 is 14.6 Å². The minimum atomic E-state index is -1.38. The predicted molar refractivity (Wildman–Crippen MR) is 61.4 cm³/mol. The lowest BCUT2D eigenvalue weighted by molar-refractivity contribution is 0.143. The minimum Gasteiger partial charge on any atom is -0.449 e. The van der Waals surface area contributed by atoms with Crippen LogP contribution in [0.2, 0.25) is 0 Å². The van der Waals surface area contributed by atoms with E-state index in [0.717, 1.165) is 11.3 Å². The average Bonchev–Trinajstić information content (AvgIpc) is 2.94. The third kappa shape index (κ3) is 1.77. The van der Waals surface area contributed by atoms with Gasteiger partial charge in [0.25, 0.3) is 0 Å². The molecule has 0 spiro atoms. The molecule has 2 N–H and O–H groups in total. The molecule has 7 heteroatoms. The summed E-state index contributed by atoms with van der Waals surface area (Å²) in [7, 11) is 0. The molecule has 0 aromatic carbocycles. The van der Waals surface area contributed by atoms with Crippen molar-refractivity contribution in [2.45, 2.75) is 0 Å². The standard InChI is InChI=1S/C11H8N4O3/c16-11(17)18-10-6-15-5-7(1-2-9(15)13-10)8-3-4-12-14-8/h1-6H,(H,12,14)(H,16,17). The molecule has 0 aliphatic rings. The second-order valence-electron chi connectivity index (χ2n) is 3.60. The Morgan fingerprint density at radius 3 is 2.94 bits per heavy atom. The number of carbonyl (C=O) groups is 1. The molecule has 3 rings (SSSR count). The van der Waals surface area contributed by atoms with Crippen LogP contribution in [-0.4, -0.2) is 30.8 Å². The Kier molecular flexibility index (Phi) is 2.23. The van der Waals surface area contributed by atoms with E-state index in [1.807, 2.05) is 18.3 Å². The maximum atomic E-state index is 10.4. The molecular formula is C11H8N4O3. The molecule has 0 fully saturated rings. The highest BCUT2D eigenvalue weighted by Gasteiger charge is 2.07. The topological polar surface area (TPSA) is 92.5 Å². The number of nitrogens with one attached hydrogen (secondary N) is 1. The largest absolute Gasteiger partial charge is 0.512 e. The SMILES string of the molecule is O=C(O)Oc1cn2cc(-c3ccn[nH]3)ccc2n1. The van der Waals surface area contributed by atoms with Crippen LogP contribution in [0.25, 0.3) is 16.9 Å². The van der Waals surface area contributed by atoms with Gasteiger partial charge >= 0.3 is 6.16 Å². The van der Waals surface area contributed by atoms with Crippen LogP contribution in [0, 0.1) is 0 Å². The van der Waals surface area contributed by atoms with Crippen molar-refractivity contribution in [1.82, 2.24) is 19.6 Å². The number of aromatic amines is 1. The molecular weight excluding hydrogens is 236 g/mol. The first-order valence-electron chi connectivity index (χ1n) is 5.12. The fraction of sp³-hybridized carbons (Fsp3) is 0. The average molecular weight is 244 g/mol. The van der Waals surface area contributed by atoms with E-state index >= 15 is 0 Å². The number of aromatic nitrogens is 4. The van der Waals surface area contributed by atoms with E-state index in [1.54, 1.807) is 16.7 Å². The maximum absolute atomic E-state index is 10.4. The molecule has 0 radical (unpaired) electrons. The first kappa shape index (κ1) is 10.3. The van der Waals surface area contributed by atoms with E-state index in [-0.39, 0.29) is 5.88 Å². The number of imidazole rings is 1. The normalized spacial score (nSPS) is 10.7. The van der Waals surface area contributed by atoms with Gasteiger partial charge in [-0.25, -0.2) is 4.79 Å². The molecule has 0 atom stereocenters. The monoisotopic (exact) mass is 244 g/mol. The third-order valence-corrected chi connectivity index (χ3v) is 2.43. The van der Waals surface area contributed by atoms with Crippen molar-refractivity contribution >= 4 is 11.8 Å². The Morgan fingerprint density at radius 1 is 1.33 bits per heavy atom. The third-order valence-electron chi connectivity index (χ3n) is 2.43. The van der Waals surface area contributed by atoms with Crippen LogP contribution in [0.3, 0.4) is 0 Å². The lowest BCUT2D eigenvalue weighted by Gasteiger charge is -1.98. The lowest BCUT2D eigenvalue weighted by atomic mass is 10.2. The van der Waals surface area contributed by atoms with E-state index in [4.69, 9.17) is 5.11 Å². The molecule has 0 aliphatic heterocycles. The van der Waals surface area contributed by atoms with Crippen molar-refractivity contribution in [2.75, 3.05) is 0 Å². The summed E-state index contributed by atoms with van der Waals surface area (Å²) in [5.41, 5.74) is 2.39.